The highest BCUT2D eigenvalue weighted by atomic mass is 16.2. The number of anilines is 1. The largest absolute Gasteiger partial charge is 0.345 e. The minimum absolute atomic E-state index is 0.102. The van der Waals surface area contributed by atoms with E-state index in [1.807, 2.05) is 24.3 Å². The van der Waals surface area contributed by atoms with Crippen molar-refractivity contribution in [2.75, 3.05) is 5.32 Å². The molecule has 1 fully saturated rings. The molecule has 4 nitrogen and oxygen atoms in total. The van der Waals surface area contributed by atoms with Crippen molar-refractivity contribution in [3.05, 3.63) is 29.8 Å². The minimum atomic E-state index is -0.581. The third kappa shape index (κ3) is 5.57. The second kappa shape index (κ2) is 8.45. The van der Waals surface area contributed by atoms with Crippen LogP contribution in [0.25, 0.3) is 0 Å². The van der Waals surface area contributed by atoms with E-state index in [-0.39, 0.29) is 11.5 Å². The molecule has 4 heteroatoms. The summed E-state index contributed by atoms with van der Waals surface area (Å²) in [5.41, 5.74) is 1.97. The van der Waals surface area contributed by atoms with E-state index in [1.165, 1.54) is 6.42 Å². The monoisotopic (exact) mass is 372 g/mol. The fourth-order valence-corrected chi connectivity index (χ4v) is 3.98. The Morgan fingerprint density at radius 2 is 1.56 bits per heavy atom. The number of para-hydroxylation sites is 1. The minimum Gasteiger partial charge on any atom is -0.345 e. The summed E-state index contributed by atoms with van der Waals surface area (Å²) in [6.07, 6.45) is 5.29. The Kier molecular flexibility index (Phi) is 6.72. The van der Waals surface area contributed by atoms with E-state index in [0.29, 0.717) is 17.0 Å². The molecule has 1 saturated carbocycles. The lowest BCUT2D eigenvalue weighted by Crippen LogP contribution is -2.44. The van der Waals surface area contributed by atoms with Crippen LogP contribution in [0.5, 0.6) is 0 Å². The predicted octanol–water partition coefficient (Wildman–Crippen LogP) is 5.03. The van der Waals surface area contributed by atoms with Crippen LogP contribution in [0, 0.1) is 11.3 Å². The van der Waals surface area contributed by atoms with Gasteiger partial charge in [0, 0.05) is 11.7 Å². The molecule has 0 bridgehead atoms. The van der Waals surface area contributed by atoms with Crippen molar-refractivity contribution < 1.29 is 9.59 Å². The van der Waals surface area contributed by atoms with Gasteiger partial charge in [0.1, 0.15) is 0 Å². The number of rotatable bonds is 4. The molecule has 0 aromatic heterocycles. The lowest BCUT2D eigenvalue weighted by Gasteiger charge is -2.39. The van der Waals surface area contributed by atoms with Crippen LogP contribution in [0.2, 0.25) is 0 Å². The summed E-state index contributed by atoms with van der Waals surface area (Å²) in [5, 5.41) is 5.73. The van der Waals surface area contributed by atoms with Gasteiger partial charge < -0.3 is 10.6 Å². The molecule has 0 radical (unpaired) electrons. The smallest absolute Gasteiger partial charge is 0.313 e. The fourth-order valence-electron chi connectivity index (χ4n) is 3.98. The molecule has 0 saturated heterocycles. The van der Waals surface area contributed by atoms with Crippen LogP contribution in [-0.4, -0.2) is 17.9 Å². The van der Waals surface area contributed by atoms with Crippen molar-refractivity contribution >= 4 is 17.5 Å². The molecule has 1 aromatic rings. The van der Waals surface area contributed by atoms with Gasteiger partial charge in [-0.15, -0.1) is 0 Å². The number of hydrogen-bond donors (Lipinski definition) is 2. The van der Waals surface area contributed by atoms with Gasteiger partial charge in [0.05, 0.1) is 0 Å². The number of benzene rings is 1. The maximum Gasteiger partial charge on any atom is 0.313 e. The Hall–Kier alpha value is -1.84. The number of nitrogens with one attached hydrogen (secondary N) is 2. The SMILES string of the molecule is CCC(C)(C)C1CCC(NC(=O)C(=O)Nc2ccccc2C(C)(C)C)CC1. The summed E-state index contributed by atoms with van der Waals surface area (Å²) in [6.45, 7) is 13.2. The zero-order valence-corrected chi connectivity index (χ0v) is 17.8. The van der Waals surface area contributed by atoms with Gasteiger partial charge in [-0.1, -0.05) is 66.2 Å². The van der Waals surface area contributed by atoms with E-state index >= 15 is 0 Å². The van der Waals surface area contributed by atoms with E-state index in [4.69, 9.17) is 0 Å². The summed E-state index contributed by atoms with van der Waals surface area (Å²) >= 11 is 0. The summed E-state index contributed by atoms with van der Waals surface area (Å²) in [6, 6.07) is 7.77. The second-order valence-corrected chi connectivity index (χ2v) is 9.61. The lowest BCUT2D eigenvalue weighted by molar-refractivity contribution is -0.136. The molecule has 0 unspecified atom stereocenters. The van der Waals surface area contributed by atoms with Gasteiger partial charge in [-0.25, -0.2) is 0 Å². The highest BCUT2D eigenvalue weighted by molar-refractivity contribution is 6.39. The summed E-state index contributed by atoms with van der Waals surface area (Å²) in [7, 11) is 0. The van der Waals surface area contributed by atoms with Crippen LogP contribution in [0.15, 0.2) is 24.3 Å². The summed E-state index contributed by atoms with van der Waals surface area (Å²) < 4.78 is 0. The number of amides is 2. The molecular weight excluding hydrogens is 336 g/mol. The number of hydrogen-bond acceptors (Lipinski definition) is 2. The highest BCUT2D eigenvalue weighted by Gasteiger charge is 2.32. The first-order chi connectivity index (χ1) is 12.5. The molecule has 0 atom stereocenters. The van der Waals surface area contributed by atoms with Gasteiger partial charge >= 0.3 is 11.8 Å². The molecule has 2 N–H and O–H groups in total. The van der Waals surface area contributed by atoms with E-state index in [9.17, 15) is 9.59 Å². The quantitative estimate of drug-likeness (QED) is 0.728. The van der Waals surface area contributed by atoms with Gasteiger partial charge in [0.15, 0.2) is 0 Å². The molecule has 150 valence electrons. The van der Waals surface area contributed by atoms with Crippen molar-refractivity contribution in [1.29, 1.82) is 0 Å². The standard InChI is InChI=1S/C23H36N2O2/c1-7-23(5,6)16-12-14-17(15-13-16)24-20(26)21(27)25-19-11-9-8-10-18(19)22(2,3)4/h8-11,16-17H,7,12-15H2,1-6H3,(H,24,26)(H,25,27). The third-order valence-corrected chi connectivity index (χ3v) is 6.27. The molecule has 1 aliphatic rings. The lowest BCUT2D eigenvalue weighted by atomic mass is 9.69. The summed E-state index contributed by atoms with van der Waals surface area (Å²) in [5.74, 6) is -0.414. The van der Waals surface area contributed by atoms with E-state index in [1.54, 1.807) is 0 Å². The molecule has 27 heavy (non-hydrogen) atoms. The van der Waals surface area contributed by atoms with Gasteiger partial charge in [0.25, 0.3) is 0 Å². The van der Waals surface area contributed by atoms with Gasteiger partial charge in [-0.05, 0) is 54.1 Å². The molecule has 0 heterocycles. The van der Waals surface area contributed by atoms with Crippen LogP contribution in [-0.2, 0) is 15.0 Å². The number of carbonyl (C=O) groups excluding carboxylic acids is 2. The van der Waals surface area contributed by atoms with Crippen molar-refractivity contribution in [3.63, 3.8) is 0 Å². The Morgan fingerprint density at radius 3 is 2.11 bits per heavy atom. The molecule has 0 aliphatic heterocycles. The average molecular weight is 373 g/mol. The Bertz CT molecular complexity index is 665. The third-order valence-electron chi connectivity index (χ3n) is 6.27. The van der Waals surface area contributed by atoms with E-state index < -0.39 is 11.8 Å². The average Bonchev–Trinajstić information content (AvgIpc) is 2.61. The maximum absolute atomic E-state index is 12.4. The van der Waals surface area contributed by atoms with Crippen molar-refractivity contribution in [2.45, 2.75) is 85.1 Å². The topological polar surface area (TPSA) is 58.2 Å². The predicted molar refractivity (Wildman–Crippen MR) is 112 cm³/mol. The zero-order chi connectivity index (χ0) is 20.2. The van der Waals surface area contributed by atoms with Crippen LogP contribution in [0.3, 0.4) is 0 Å². The maximum atomic E-state index is 12.4. The van der Waals surface area contributed by atoms with Crippen LogP contribution in [0.4, 0.5) is 5.69 Å². The first kappa shape index (κ1) is 21.5. The van der Waals surface area contributed by atoms with Crippen LogP contribution in [0.1, 0.15) is 79.2 Å². The van der Waals surface area contributed by atoms with Crippen LogP contribution < -0.4 is 10.6 Å². The first-order valence-corrected chi connectivity index (χ1v) is 10.3. The summed E-state index contributed by atoms with van der Waals surface area (Å²) in [4.78, 5) is 24.8. The zero-order valence-electron chi connectivity index (χ0n) is 17.8. The number of carbonyl (C=O) groups is 2. The first-order valence-electron chi connectivity index (χ1n) is 10.3. The Morgan fingerprint density at radius 1 is 0.963 bits per heavy atom. The van der Waals surface area contributed by atoms with Gasteiger partial charge in [0.2, 0.25) is 0 Å². The molecule has 0 spiro atoms. The highest BCUT2D eigenvalue weighted by Crippen LogP contribution is 2.40. The molecule has 1 aromatic carbocycles. The molecule has 2 amide bonds. The van der Waals surface area contributed by atoms with E-state index in [2.05, 4.69) is 52.2 Å². The van der Waals surface area contributed by atoms with E-state index in [0.717, 1.165) is 31.2 Å². The second-order valence-electron chi connectivity index (χ2n) is 9.61. The van der Waals surface area contributed by atoms with Crippen molar-refractivity contribution in [1.82, 2.24) is 5.32 Å². The molecular formula is C23H36N2O2. The van der Waals surface area contributed by atoms with Crippen molar-refractivity contribution in [2.24, 2.45) is 11.3 Å². The Balaban J connectivity index is 1.92. The fraction of sp³-hybridized carbons (Fsp3) is 0.652. The van der Waals surface area contributed by atoms with Gasteiger partial charge in [-0.2, -0.15) is 0 Å². The van der Waals surface area contributed by atoms with Crippen molar-refractivity contribution in [3.8, 4) is 0 Å². The normalized spacial score (nSPS) is 20.8. The molecule has 2 rings (SSSR count). The van der Waals surface area contributed by atoms with Gasteiger partial charge in [-0.3, -0.25) is 9.59 Å². The van der Waals surface area contributed by atoms with Crippen LogP contribution >= 0.6 is 0 Å². The Labute approximate surface area is 164 Å². The molecule has 1 aliphatic carbocycles.